The Morgan fingerprint density at radius 1 is 1.28 bits per heavy atom. The SMILES string of the molecule is Cc1ccc(C2N=Nc3cc(CCO)nn32)cc1. The molecule has 1 aliphatic heterocycles. The van der Waals surface area contributed by atoms with Gasteiger partial charge >= 0.3 is 0 Å². The van der Waals surface area contributed by atoms with Gasteiger partial charge in [0, 0.05) is 24.7 Å². The van der Waals surface area contributed by atoms with Crippen LogP contribution in [0.15, 0.2) is 40.6 Å². The van der Waals surface area contributed by atoms with Crippen LogP contribution in [0, 0.1) is 6.92 Å². The van der Waals surface area contributed by atoms with E-state index in [9.17, 15) is 0 Å². The maximum Gasteiger partial charge on any atom is 0.190 e. The highest BCUT2D eigenvalue weighted by molar-refractivity contribution is 5.36. The molecule has 0 amide bonds. The average molecular weight is 242 g/mol. The molecule has 5 heteroatoms. The number of hydrogen-bond acceptors (Lipinski definition) is 4. The second-order valence-electron chi connectivity index (χ2n) is 4.41. The van der Waals surface area contributed by atoms with Crippen molar-refractivity contribution in [1.82, 2.24) is 9.78 Å². The van der Waals surface area contributed by atoms with E-state index >= 15 is 0 Å². The molecule has 0 radical (unpaired) electrons. The summed E-state index contributed by atoms with van der Waals surface area (Å²) >= 11 is 0. The Morgan fingerprint density at radius 2 is 2.06 bits per heavy atom. The number of hydrogen-bond donors (Lipinski definition) is 1. The van der Waals surface area contributed by atoms with E-state index in [0.29, 0.717) is 6.42 Å². The number of rotatable bonds is 3. The summed E-state index contributed by atoms with van der Waals surface area (Å²) in [6, 6.07) is 10.1. The van der Waals surface area contributed by atoms with Gasteiger partial charge in [0.05, 0.1) is 5.69 Å². The van der Waals surface area contributed by atoms with Crippen molar-refractivity contribution < 1.29 is 5.11 Å². The van der Waals surface area contributed by atoms with Crippen molar-refractivity contribution in [2.75, 3.05) is 6.61 Å². The summed E-state index contributed by atoms with van der Waals surface area (Å²) < 4.78 is 1.80. The summed E-state index contributed by atoms with van der Waals surface area (Å²) in [6.45, 7) is 2.15. The van der Waals surface area contributed by atoms with Crippen molar-refractivity contribution in [3.63, 3.8) is 0 Å². The second-order valence-corrected chi connectivity index (χ2v) is 4.41. The quantitative estimate of drug-likeness (QED) is 0.898. The molecule has 1 N–H and O–H groups in total. The minimum absolute atomic E-state index is 0.1000. The lowest BCUT2D eigenvalue weighted by Crippen LogP contribution is -2.07. The molecule has 92 valence electrons. The summed E-state index contributed by atoms with van der Waals surface area (Å²) in [4.78, 5) is 0. The van der Waals surface area contributed by atoms with Gasteiger partial charge in [-0.1, -0.05) is 29.8 Å². The first-order valence-electron chi connectivity index (χ1n) is 5.94. The molecule has 0 bridgehead atoms. The molecule has 0 spiro atoms. The van der Waals surface area contributed by atoms with Crippen LogP contribution in [0.3, 0.4) is 0 Å². The number of aliphatic hydroxyl groups excluding tert-OH is 1. The monoisotopic (exact) mass is 242 g/mol. The third-order valence-electron chi connectivity index (χ3n) is 3.01. The van der Waals surface area contributed by atoms with Gasteiger partial charge in [-0.2, -0.15) is 10.2 Å². The van der Waals surface area contributed by atoms with E-state index < -0.39 is 0 Å². The highest BCUT2D eigenvalue weighted by atomic mass is 16.3. The molecule has 18 heavy (non-hydrogen) atoms. The van der Waals surface area contributed by atoms with Gasteiger partial charge in [-0.05, 0) is 6.92 Å². The molecule has 1 aromatic heterocycles. The lowest BCUT2D eigenvalue weighted by Gasteiger charge is -2.08. The molecular formula is C13H14N4O. The van der Waals surface area contributed by atoms with Crippen LogP contribution in [0.25, 0.3) is 0 Å². The first-order chi connectivity index (χ1) is 8.78. The molecule has 1 aromatic carbocycles. The third-order valence-corrected chi connectivity index (χ3v) is 3.01. The summed E-state index contributed by atoms with van der Waals surface area (Å²) in [5.41, 5.74) is 3.14. The van der Waals surface area contributed by atoms with Crippen molar-refractivity contribution in [2.24, 2.45) is 10.2 Å². The van der Waals surface area contributed by atoms with Crippen LogP contribution < -0.4 is 0 Å². The Balaban J connectivity index is 1.94. The van der Waals surface area contributed by atoms with E-state index in [1.165, 1.54) is 5.56 Å². The number of benzene rings is 1. The number of aryl methyl sites for hydroxylation is 1. The van der Waals surface area contributed by atoms with Gasteiger partial charge in [-0.3, -0.25) is 0 Å². The van der Waals surface area contributed by atoms with Crippen molar-refractivity contribution in [1.29, 1.82) is 0 Å². The van der Waals surface area contributed by atoms with E-state index in [1.54, 1.807) is 4.68 Å². The number of nitrogens with zero attached hydrogens (tertiary/aromatic N) is 4. The van der Waals surface area contributed by atoms with Crippen LogP contribution in [0.4, 0.5) is 5.82 Å². The van der Waals surface area contributed by atoms with E-state index in [0.717, 1.165) is 17.1 Å². The molecule has 1 atom stereocenters. The fourth-order valence-corrected chi connectivity index (χ4v) is 2.03. The highest BCUT2D eigenvalue weighted by Gasteiger charge is 2.23. The maximum absolute atomic E-state index is 8.92. The van der Waals surface area contributed by atoms with Crippen LogP contribution in [0.1, 0.15) is 23.0 Å². The van der Waals surface area contributed by atoms with Crippen molar-refractivity contribution >= 4 is 5.82 Å². The predicted molar refractivity (Wildman–Crippen MR) is 66.9 cm³/mol. The first-order valence-corrected chi connectivity index (χ1v) is 5.94. The third kappa shape index (κ3) is 1.82. The Bertz CT molecular complexity index is 586. The summed E-state index contributed by atoms with van der Waals surface area (Å²) in [5, 5.41) is 21.7. The maximum atomic E-state index is 8.92. The van der Waals surface area contributed by atoms with Gasteiger partial charge in [0.1, 0.15) is 0 Å². The van der Waals surface area contributed by atoms with Crippen molar-refractivity contribution in [2.45, 2.75) is 19.5 Å². The molecule has 0 aliphatic carbocycles. The standard InChI is InChI=1S/C13H14N4O/c1-9-2-4-10(5-3-9)13-15-14-12-8-11(6-7-18)16-17(12)13/h2-5,8,13,18H,6-7H2,1H3. The van der Waals surface area contributed by atoms with Gasteiger partial charge < -0.3 is 5.11 Å². The highest BCUT2D eigenvalue weighted by Crippen LogP contribution is 2.33. The second kappa shape index (κ2) is 4.34. The Kier molecular flexibility index (Phi) is 2.68. The van der Waals surface area contributed by atoms with Crippen LogP contribution in [-0.4, -0.2) is 21.5 Å². The normalized spacial score (nSPS) is 17.1. The van der Waals surface area contributed by atoms with Crippen LogP contribution in [0.2, 0.25) is 0 Å². The van der Waals surface area contributed by atoms with Crippen molar-refractivity contribution in [3.05, 3.63) is 47.2 Å². The molecule has 5 nitrogen and oxygen atoms in total. The summed E-state index contributed by atoms with van der Waals surface area (Å²) in [5.74, 6) is 0.754. The van der Waals surface area contributed by atoms with Gasteiger partial charge in [0.15, 0.2) is 12.0 Å². The molecule has 0 saturated carbocycles. The van der Waals surface area contributed by atoms with Gasteiger partial charge in [0.25, 0.3) is 0 Å². The number of aliphatic hydroxyl groups is 1. The fraction of sp³-hybridized carbons (Fsp3) is 0.308. The molecule has 2 heterocycles. The molecule has 0 saturated heterocycles. The summed E-state index contributed by atoms with van der Waals surface area (Å²) in [6.07, 6.45) is 0.379. The zero-order valence-corrected chi connectivity index (χ0v) is 10.1. The lowest BCUT2D eigenvalue weighted by atomic mass is 10.1. The van der Waals surface area contributed by atoms with Crippen molar-refractivity contribution in [3.8, 4) is 0 Å². The average Bonchev–Trinajstić information content (AvgIpc) is 2.90. The molecule has 0 fully saturated rings. The molecule has 3 rings (SSSR count). The minimum atomic E-state index is -0.173. The Morgan fingerprint density at radius 3 is 2.78 bits per heavy atom. The first kappa shape index (κ1) is 11.1. The Hall–Kier alpha value is -2.01. The topological polar surface area (TPSA) is 62.8 Å². The minimum Gasteiger partial charge on any atom is -0.396 e. The van der Waals surface area contributed by atoms with Gasteiger partial charge in [0.2, 0.25) is 0 Å². The molecule has 2 aromatic rings. The molecular weight excluding hydrogens is 228 g/mol. The van der Waals surface area contributed by atoms with E-state index in [2.05, 4.69) is 34.4 Å². The zero-order valence-electron chi connectivity index (χ0n) is 10.1. The van der Waals surface area contributed by atoms with Crippen LogP contribution in [-0.2, 0) is 6.42 Å². The zero-order chi connectivity index (χ0) is 12.5. The number of azo groups is 1. The lowest BCUT2D eigenvalue weighted by molar-refractivity contribution is 0.297. The molecule has 1 unspecified atom stereocenters. The van der Waals surface area contributed by atoms with E-state index in [1.807, 2.05) is 18.2 Å². The smallest absolute Gasteiger partial charge is 0.190 e. The van der Waals surface area contributed by atoms with Gasteiger partial charge in [-0.15, -0.1) is 5.11 Å². The van der Waals surface area contributed by atoms with Crippen LogP contribution >= 0.6 is 0 Å². The number of aromatic nitrogens is 2. The van der Waals surface area contributed by atoms with Crippen LogP contribution in [0.5, 0.6) is 0 Å². The largest absolute Gasteiger partial charge is 0.396 e. The Labute approximate surface area is 105 Å². The van der Waals surface area contributed by atoms with E-state index in [-0.39, 0.29) is 12.8 Å². The molecule has 1 aliphatic rings. The predicted octanol–water partition coefficient (Wildman–Crippen LogP) is 2.37. The van der Waals surface area contributed by atoms with E-state index in [4.69, 9.17) is 5.11 Å². The summed E-state index contributed by atoms with van der Waals surface area (Å²) in [7, 11) is 0. The fourth-order valence-electron chi connectivity index (χ4n) is 2.03. The van der Waals surface area contributed by atoms with Gasteiger partial charge in [-0.25, -0.2) is 4.68 Å². The number of fused-ring (bicyclic) bond motifs is 1.